The van der Waals surface area contributed by atoms with Gasteiger partial charge in [-0.15, -0.1) is 0 Å². The Morgan fingerprint density at radius 3 is 2.67 bits per heavy atom. The Labute approximate surface area is 122 Å². The number of hydrogen-bond acceptors (Lipinski definition) is 3. The van der Waals surface area contributed by atoms with Crippen LogP contribution in [0, 0.1) is 13.8 Å². The van der Waals surface area contributed by atoms with Crippen LogP contribution in [0.4, 0.5) is 0 Å². The highest BCUT2D eigenvalue weighted by molar-refractivity contribution is 6.00. The van der Waals surface area contributed by atoms with Crippen LogP contribution >= 0.6 is 0 Å². The van der Waals surface area contributed by atoms with Crippen LogP contribution in [0.2, 0.25) is 0 Å². The van der Waals surface area contributed by atoms with Crippen molar-refractivity contribution in [3.8, 4) is 0 Å². The quantitative estimate of drug-likeness (QED) is 0.787. The van der Waals surface area contributed by atoms with Gasteiger partial charge in [0.1, 0.15) is 11.5 Å². The summed E-state index contributed by atoms with van der Waals surface area (Å²) in [4.78, 5) is 26.1. The molecule has 3 N–H and O–H groups in total. The molecule has 0 aliphatic rings. The summed E-state index contributed by atoms with van der Waals surface area (Å²) < 4.78 is 5.24. The van der Waals surface area contributed by atoms with E-state index in [1.165, 1.54) is 0 Å². The number of hydrogen-bond donors (Lipinski definition) is 3. The van der Waals surface area contributed by atoms with E-state index in [1.807, 2.05) is 13.0 Å². The van der Waals surface area contributed by atoms with Crippen LogP contribution in [0.1, 0.15) is 44.8 Å². The minimum absolute atomic E-state index is 0.0522. The maximum Gasteiger partial charge on any atom is 0.352 e. The SMILES string of the molecule is Cc1[nH]c(C(=O)O)c(C)c1C(=O)NC(C)Cc1ccco1. The Balaban J connectivity index is 2.11. The van der Waals surface area contributed by atoms with Crippen molar-refractivity contribution in [2.24, 2.45) is 0 Å². The molecule has 2 rings (SSSR count). The third-order valence-electron chi connectivity index (χ3n) is 3.34. The van der Waals surface area contributed by atoms with Crippen LogP contribution in [0.15, 0.2) is 22.8 Å². The molecule has 0 aliphatic heterocycles. The van der Waals surface area contributed by atoms with Gasteiger partial charge in [0.05, 0.1) is 11.8 Å². The van der Waals surface area contributed by atoms with Gasteiger partial charge in [0.15, 0.2) is 0 Å². The Morgan fingerprint density at radius 2 is 2.14 bits per heavy atom. The lowest BCUT2D eigenvalue weighted by Gasteiger charge is -2.13. The van der Waals surface area contributed by atoms with E-state index in [0.29, 0.717) is 23.2 Å². The average molecular weight is 290 g/mol. The van der Waals surface area contributed by atoms with Gasteiger partial charge in [-0.25, -0.2) is 4.79 Å². The van der Waals surface area contributed by atoms with Gasteiger partial charge < -0.3 is 19.8 Å². The maximum absolute atomic E-state index is 12.3. The van der Waals surface area contributed by atoms with Gasteiger partial charge in [-0.2, -0.15) is 0 Å². The summed E-state index contributed by atoms with van der Waals surface area (Å²) >= 11 is 0. The Morgan fingerprint density at radius 1 is 1.43 bits per heavy atom. The molecule has 112 valence electrons. The number of carboxylic acids is 1. The monoisotopic (exact) mass is 290 g/mol. The molecule has 1 unspecified atom stereocenters. The molecule has 0 spiro atoms. The second-order valence-electron chi connectivity index (χ2n) is 5.09. The number of amides is 1. The number of aromatic carboxylic acids is 1. The smallest absolute Gasteiger partial charge is 0.352 e. The lowest BCUT2D eigenvalue weighted by Crippen LogP contribution is -2.34. The Hall–Kier alpha value is -2.50. The van der Waals surface area contributed by atoms with Gasteiger partial charge in [0.2, 0.25) is 0 Å². The zero-order valence-corrected chi connectivity index (χ0v) is 12.2. The van der Waals surface area contributed by atoms with Gasteiger partial charge in [0, 0.05) is 18.2 Å². The van der Waals surface area contributed by atoms with Crippen molar-refractivity contribution in [2.45, 2.75) is 33.2 Å². The van der Waals surface area contributed by atoms with Crippen molar-refractivity contribution in [2.75, 3.05) is 0 Å². The zero-order chi connectivity index (χ0) is 15.6. The van der Waals surface area contributed by atoms with E-state index in [4.69, 9.17) is 9.52 Å². The Kier molecular flexibility index (Phi) is 4.16. The summed E-state index contributed by atoms with van der Waals surface area (Å²) in [6, 6.07) is 3.52. The fourth-order valence-corrected chi connectivity index (χ4v) is 2.38. The number of H-pyrrole nitrogens is 1. The third kappa shape index (κ3) is 3.16. The van der Waals surface area contributed by atoms with Crippen molar-refractivity contribution in [1.82, 2.24) is 10.3 Å². The standard InChI is InChI=1S/C15H18N2O4/c1-8(7-11-5-4-6-21-11)16-14(18)12-9(2)13(15(19)20)17-10(12)3/h4-6,8,17H,7H2,1-3H3,(H,16,18)(H,19,20). The topological polar surface area (TPSA) is 95.3 Å². The van der Waals surface area contributed by atoms with Crippen LogP contribution < -0.4 is 5.32 Å². The molecule has 21 heavy (non-hydrogen) atoms. The first-order chi connectivity index (χ1) is 9.90. The molecular formula is C15H18N2O4. The van der Waals surface area contributed by atoms with Gasteiger partial charge in [0.25, 0.3) is 5.91 Å². The third-order valence-corrected chi connectivity index (χ3v) is 3.34. The molecule has 1 atom stereocenters. The average Bonchev–Trinajstić information content (AvgIpc) is 2.97. The highest BCUT2D eigenvalue weighted by atomic mass is 16.4. The molecular weight excluding hydrogens is 272 g/mol. The second kappa shape index (κ2) is 5.87. The van der Waals surface area contributed by atoms with Crippen LogP contribution in [-0.4, -0.2) is 28.0 Å². The fraction of sp³-hybridized carbons (Fsp3) is 0.333. The minimum Gasteiger partial charge on any atom is -0.477 e. The van der Waals surface area contributed by atoms with Crippen molar-refractivity contribution < 1.29 is 19.1 Å². The first-order valence-electron chi connectivity index (χ1n) is 6.65. The number of carbonyl (C=O) groups excluding carboxylic acids is 1. The number of aromatic nitrogens is 1. The summed E-state index contributed by atoms with van der Waals surface area (Å²) in [5.74, 6) is -0.567. The largest absolute Gasteiger partial charge is 0.477 e. The Bertz CT molecular complexity index is 656. The molecule has 2 aromatic rings. The number of rotatable bonds is 5. The van der Waals surface area contributed by atoms with Crippen LogP contribution in [0.25, 0.3) is 0 Å². The summed E-state index contributed by atoms with van der Waals surface area (Å²) in [5.41, 5.74) is 1.44. The molecule has 0 bridgehead atoms. The zero-order valence-electron chi connectivity index (χ0n) is 12.2. The summed E-state index contributed by atoms with van der Waals surface area (Å²) in [6.07, 6.45) is 2.16. The molecule has 0 aromatic carbocycles. The summed E-state index contributed by atoms with van der Waals surface area (Å²) in [7, 11) is 0. The predicted molar refractivity (Wildman–Crippen MR) is 76.6 cm³/mol. The minimum atomic E-state index is -1.07. The predicted octanol–water partition coefficient (Wildman–Crippen LogP) is 2.28. The van der Waals surface area contributed by atoms with Crippen molar-refractivity contribution in [3.63, 3.8) is 0 Å². The number of carbonyl (C=O) groups is 2. The van der Waals surface area contributed by atoms with Gasteiger partial charge in [-0.1, -0.05) is 0 Å². The summed E-state index contributed by atoms with van der Waals surface area (Å²) in [5, 5.41) is 11.9. The van der Waals surface area contributed by atoms with Crippen molar-refractivity contribution >= 4 is 11.9 Å². The van der Waals surface area contributed by atoms with Gasteiger partial charge >= 0.3 is 5.97 Å². The number of furan rings is 1. The van der Waals surface area contributed by atoms with Gasteiger partial charge in [-0.3, -0.25) is 4.79 Å². The molecule has 0 radical (unpaired) electrons. The number of aromatic amines is 1. The molecule has 0 aliphatic carbocycles. The van der Waals surface area contributed by atoms with E-state index in [-0.39, 0.29) is 17.6 Å². The van der Waals surface area contributed by atoms with Crippen LogP contribution in [0.5, 0.6) is 0 Å². The van der Waals surface area contributed by atoms with E-state index in [0.717, 1.165) is 5.76 Å². The van der Waals surface area contributed by atoms with E-state index >= 15 is 0 Å². The van der Waals surface area contributed by atoms with Crippen LogP contribution in [0.3, 0.4) is 0 Å². The first-order valence-corrected chi connectivity index (χ1v) is 6.65. The molecule has 2 aromatic heterocycles. The van der Waals surface area contributed by atoms with Crippen molar-refractivity contribution in [1.29, 1.82) is 0 Å². The first kappa shape index (κ1) is 14.9. The maximum atomic E-state index is 12.3. The lowest BCUT2D eigenvalue weighted by molar-refractivity contribution is 0.0690. The van der Waals surface area contributed by atoms with E-state index in [9.17, 15) is 9.59 Å². The molecule has 2 heterocycles. The van der Waals surface area contributed by atoms with E-state index < -0.39 is 5.97 Å². The number of nitrogens with one attached hydrogen (secondary N) is 2. The van der Waals surface area contributed by atoms with E-state index in [2.05, 4.69) is 10.3 Å². The van der Waals surface area contributed by atoms with Crippen molar-refractivity contribution in [3.05, 3.63) is 46.7 Å². The molecule has 0 fully saturated rings. The highest BCUT2D eigenvalue weighted by Gasteiger charge is 2.22. The lowest BCUT2D eigenvalue weighted by atomic mass is 10.1. The molecule has 6 nitrogen and oxygen atoms in total. The highest BCUT2D eigenvalue weighted by Crippen LogP contribution is 2.18. The summed E-state index contributed by atoms with van der Waals surface area (Å²) in [6.45, 7) is 5.18. The molecule has 6 heteroatoms. The molecule has 1 amide bonds. The second-order valence-corrected chi connectivity index (χ2v) is 5.09. The normalized spacial score (nSPS) is 12.1. The molecule has 0 saturated heterocycles. The number of carboxylic acid groups (broad SMARTS) is 1. The van der Waals surface area contributed by atoms with E-state index in [1.54, 1.807) is 26.2 Å². The number of aryl methyl sites for hydroxylation is 1. The molecule has 0 saturated carbocycles. The van der Waals surface area contributed by atoms with Crippen LogP contribution in [-0.2, 0) is 6.42 Å². The fourth-order valence-electron chi connectivity index (χ4n) is 2.38. The van der Waals surface area contributed by atoms with Gasteiger partial charge in [-0.05, 0) is 38.5 Å².